The van der Waals surface area contributed by atoms with Gasteiger partial charge in [-0.1, -0.05) is 63.2 Å². The van der Waals surface area contributed by atoms with Crippen LogP contribution in [0.15, 0.2) is 78.9 Å². The third-order valence-electron chi connectivity index (χ3n) is 14.5. The quantitative estimate of drug-likeness (QED) is 0.122. The molecule has 450 valence electrons. The molecule has 6 unspecified atom stereocenters. The van der Waals surface area contributed by atoms with E-state index >= 15 is 0 Å². The van der Waals surface area contributed by atoms with Crippen LogP contribution in [0.3, 0.4) is 0 Å². The molecule has 0 radical (unpaired) electrons. The predicted octanol–water partition coefficient (Wildman–Crippen LogP) is 18.8. The third-order valence-corrected chi connectivity index (χ3v) is 14.5. The highest BCUT2D eigenvalue weighted by molar-refractivity contribution is 5.93. The smallest absolute Gasteiger partial charge is 0.332 e. The Labute approximate surface area is 479 Å². The first-order valence-electron chi connectivity index (χ1n) is 27.3. The third kappa shape index (κ3) is 20.6. The molecular formula is C66H73F11O6. The van der Waals surface area contributed by atoms with E-state index < -0.39 is 64.6 Å². The maximum atomic E-state index is 12.9. The topological polar surface area (TPSA) is 78.9 Å². The number of carbonyl (C=O) groups excluding carboxylic acids is 3. The van der Waals surface area contributed by atoms with Crippen LogP contribution in [0.1, 0.15) is 175 Å². The lowest BCUT2D eigenvalue weighted by atomic mass is 9.92. The molecule has 0 bridgehead atoms. The zero-order chi connectivity index (χ0) is 62.2. The monoisotopic (exact) mass is 1170 g/mol. The van der Waals surface area contributed by atoms with Crippen molar-refractivity contribution in [3.05, 3.63) is 209 Å². The minimum atomic E-state index is -1.35. The van der Waals surface area contributed by atoms with Crippen molar-refractivity contribution in [2.45, 2.75) is 140 Å². The molecule has 83 heavy (non-hydrogen) atoms. The Morgan fingerprint density at radius 2 is 0.578 bits per heavy atom. The molecule has 3 fully saturated rings. The minimum Gasteiger partial charge on any atom is -0.373 e. The zero-order valence-electron chi connectivity index (χ0n) is 48.9. The molecule has 0 spiro atoms. The molecular weight excluding hydrogens is 1100 g/mol. The van der Waals surface area contributed by atoms with Crippen LogP contribution in [-0.4, -0.2) is 37.9 Å². The van der Waals surface area contributed by atoms with Gasteiger partial charge in [0.15, 0.2) is 0 Å². The van der Waals surface area contributed by atoms with Crippen LogP contribution in [-0.2, 0) is 14.2 Å². The lowest BCUT2D eigenvalue weighted by molar-refractivity contribution is -0.0124. The highest BCUT2D eigenvalue weighted by Gasteiger charge is 2.26. The maximum absolute atomic E-state index is 12.9. The van der Waals surface area contributed by atoms with Crippen LogP contribution < -0.4 is 0 Å². The lowest BCUT2D eigenvalue weighted by Gasteiger charge is -2.28. The predicted molar refractivity (Wildman–Crippen MR) is 299 cm³/mol. The van der Waals surface area contributed by atoms with Crippen LogP contribution in [0.5, 0.6) is 0 Å². The Morgan fingerprint density at radius 3 is 0.771 bits per heavy atom. The van der Waals surface area contributed by atoms with Crippen LogP contribution in [0.25, 0.3) is 0 Å². The fourth-order valence-corrected chi connectivity index (χ4v) is 9.71. The maximum Gasteiger partial charge on any atom is 0.332 e. The van der Waals surface area contributed by atoms with Gasteiger partial charge in [-0.05, 0) is 180 Å². The van der Waals surface area contributed by atoms with Gasteiger partial charge in [0.2, 0.25) is 0 Å². The first-order valence-corrected chi connectivity index (χ1v) is 27.3. The second kappa shape index (κ2) is 31.9. The number of halogens is 11. The Morgan fingerprint density at radius 1 is 0.337 bits per heavy atom. The van der Waals surface area contributed by atoms with Crippen molar-refractivity contribution >= 4 is 18.1 Å². The van der Waals surface area contributed by atoms with E-state index in [0.717, 1.165) is 81.1 Å². The molecule has 0 saturated carbocycles. The Bertz CT molecular complexity index is 2810. The molecule has 0 aliphatic carbocycles. The van der Waals surface area contributed by atoms with Crippen molar-refractivity contribution in [1.29, 1.82) is 0 Å². The van der Waals surface area contributed by atoms with Gasteiger partial charge in [0.25, 0.3) is 0 Å². The minimum absolute atomic E-state index is 0.0855. The number of rotatable bonds is 6. The van der Waals surface area contributed by atoms with Crippen LogP contribution in [0.4, 0.5) is 48.3 Å². The van der Waals surface area contributed by atoms with Crippen molar-refractivity contribution < 1.29 is 76.9 Å². The van der Waals surface area contributed by atoms with E-state index in [9.17, 15) is 62.7 Å². The molecule has 6 aromatic carbocycles. The zero-order valence-corrected chi connectivity index (χ0v) is 48.9. The van der Waals surface area contributed by atoms with Gasteiger partial charge in [-0.2, -0.15) is 13.2 Å². The molecule has 3 saturated heterocycles. The summed E-state index contributed by atoms with van der Waals surface area (Å²) in [4.78, 5) is 32.8. The Kier molecular flexibility index (Phi) is 26.5. The van der Waals surface area contributed by atoms with Gasteiger partial charge in [-0.25, -0.2) is 35.1 Å². The summed E-state index contributed by atoms with van der Waals surface area (Å²) in [7, 11) is 0. The van der Waals surface area contributed by atoms with E-state index in [1.165, 1.54) is 26.0 Å². The van der Waals surface area contributed by atoms with Crippen molar-refractivity contribution in [1.82, 2.24) is 0 Å². The van der Waals surface area contributed by atoms with Gasteiger partial charge in [-0.15, -0.1) is 0 Å². The molecule has 9 rings (SSSR count). The van der Waals surface area contributed by atoms with Crippen LogP contribution >= 0.6 is 0 Å². The summed E-state index contributed by atoms with van der Waals surface area (Å²) in [5.41, 5.74) is 8.09. The second-order valence-electron chi connectivity index (χ2n) is 21.8. The van der Waals surface area contributed by atoms with E-state index in [-0.39, 0.29) is 46.1 Å². The molecule has 6 aromatic rings. The highest BCUT2D eigenvalue weighted by atomic mass is 19.2. The first-order chi connectivity index (χ1) is 38.9. The van der Waals surface area contributed by atoms with E-state index in [1.54, 1.807) is 48.5 Å². The van der Waals surface area contributed by atoms with Gasteiger partial charge >= 0.3 is 18.1 Å². The molecule has 6 nitrogen and oxygen atoms in total. The average molecular weight is 1170 g/mol. The summed E-state index contributed by atoms with van der Waals surface area (Å²) in [6.07, 6.45) is 6.66. The molecule has 0 amide bonds. The number of ether oxygens (including phenoxy) is 3. The standard InChI is InChI=1S/3C15H19FO2.2C7H5F3.C7H6F2/c3*1-9-4-5-13(18-8-9)12-6-10(2)14(15(16)17)11(3)7-12;2*1-4-6(9)2-5(8)3-7(4)10;1-5-2-3-6(8)4-7(5)9/h3*6-7,9,13H,4-5,8H2,1-3H3;2*2-3H,1H3;2-4H,1H3. The van der Waals surface area contributed by atoms with Gasteiger partial charge in [0, 0.05) is 61.3 Å². The summed E-state index contributed by atoms with van der Waals surface area (Å²) in [6, 6.07) is 13.3. The summed E-state index contributed by atoms with van der Waals surface area (Å²) in [5.74, 6) is -4.38. The average Bonchev–Trinajstić information content (AvgIpc) is 3.51. The van der Waals surface area contributed by atoms with E-state index in [1.807, 2.05) is 36.4 Å². The second-order valence-corrected chi connectivity index (χ2v) is 21.8. The number of hydrogen-bond donors (Lipinski definition) is 0. The molecule has 3 heterocycles. The number of hydrogen-bond acceptors (Lipinski definition) is 6. The molecule has 0 aromatic heterocycles. The highest BCUT2D eigenvalue weighted by Crippen LogP contribution is 2.35. The van der Waals surface area contributed by atoms with Crippen LogP contribution in [0.2, 0.25) is 0 Å². The van der Waals surface area contributed by atoms with Crippen LogP contribution in [0, 0.1) is 127 Å². The molecule has 3 aliphatic rings. The molecule has 3 aliphatic heterocycles. The summed E-state index contributed by atoms with van der Waals surface area (Å²) < 4.78 is 154. The van der Waals surface area contributed by atoms with Gasteiger partial charge < -0.3 is 14.2 Å². The summed E-state index contributed by atoms with van der Waals surface area (Å²) in [6.45, 7) is 23.6. The van der Waals surface area contributed by atoms with Crippen molar-refractivity contribution in [3.63, 3.8) is 0 Å². The summed E-state index contributed by atoms with van der Waals surface area (Å²) >= 11 is 0. The number of benzene rings is 6. The Balaban J connectivity index is 0.000000219. The van der Waals surface area contributed by atoms with Crippen molar-refractivity contribution in [2.24, 2.45) is 17.8 Å². The van der Waals surface area contributed by atoms with E-state index in [4.69, 9.17) is 14.2 Å². The normalized spacial score (nSPS) is 19.1. The fourth-order valence-electron chi connectivity index (χ4n) is 9.71. The van der Waals surface area contributed by atoms with E-state index in [0.29, 0.717) is 81.0 Å². The number of aryl methyl sites for hydroxylation is 7. The van der Waals surface area contributed by atoms with Gasteiger partial charge in [0.1, 0.15) is 46.5 Å². The van der Waals surface area contributed by atoms with Crippen molar-refractivity contribution in [3.8, 4) is 0 Å². The molecule has 6 atom stereocenters. The van der Waals surface area contributed by atoms with Crippen molar-refractivity contribution in [2.75, 3.05) is 19.8 Å². The van der Waals surface area contributed by atoms with Gasteiger partial charge in [-0.3, -0.25) is 14.4 Å². The lowest BCUT2D eigenvalue weighted by Crippen LogP contribution is -2.19. The van der Waals surface area contributed by atoms with E-state index in [2.05, 4.69) is 20.8 Å². The Hall–Kier alpha value is -6.56. The SMILES string of the molecule is Cc1c(F)cc(F)cc1F.Cc1c(F)cc(F)cc1F.Cc1cc(C2CCC(C)CO2)cc(C)c1C(=O)F.Cc1cc(C2CCC(C)CO2)cc(C)c1C(=O)F.Cc1cc(C2CCC(C)CO2)cc(C)c1C(=O)F.Cc1ccc(F)cc1F. The molecule has 17 heteroatoms. The number of carbonyl (C=O) groups is 3. The fraction of sp³-hybridized carbons (Fsp3) is 0.409. The largest absolute Gasteiger partial charge is 0.373 e. The first kappa shape index (κ1) is 68.9. The van der Waals surface area contributed by atoms with Gasteiger partial charge in [0.05, 0.1) is 35.0 Å². The summed E-state index contributed by atoms with van der Waals surface area (Å²) in [5, 5.41) is 0. The molecule has 0 N–H and O–H groups in total.